The molecule has 0 aliphatic heterocycles. The summed E-state index contributed by atoms with van der Waals surface area (Å²) >= 11 is -1.41. The fourth-order valence-electron chi connectivity index (χ4n) is 3.26. The zero-order chi connectivity index (χ0) is 19.7. The van der Waals surface area contributed by atoms with E-state index in [-0.39, 0.29) is 4.70 Å². The number of hydrogen-bond donors (Lipinski definition) is 0. The quantitative estimate of drug-likeness (QED) is 0.347. The standard InChI is InChI=1S/2C13H12N.FH.Nd/c2*1-3-7-12(8-4-1)11-14-13-9-5-2-6-10-13;;/h2*1-10H,11H2;1H;/q2*-1;;+3/p-1. The molecule has 0 amide bonds. The molecular formula is C26H24FN2Nd. The molecule has 4 aromatic rings. The van der Waals surface area contributed by atoms with Crippen molar-refractivity contribution in [3.63, 3.8) is 0 Å². The van der Waals surface area contributed by atoms with E-state index in [0.29, 0.717) is 0 Å². The molecule has 4 heteroatoms. The van der Waals surface area contributed by atoms with Crippen molar-refractivity contribution in [1.29, 1.82) is 0 Å². The Balaban J connectivity index is 0.00000256. The van der Waals surface area contributed by atoms with Crippen LogP contribution in [0.1, 0.15) is 11.1 Å². The normalized spacial score (nSPS) is 9.87. The molecule has 0 aliphatic carbocycles. The molecule has 0 unspecified atom stereocenters. The minimum absolute atomic E-state index is 0. The van der Waals surface area contributed by atoms with Crippen LogP contribution in [0.15, 0.2) is 121 Å². The molecule has 0 spiro atoms. The van der Waals surface area contributed by atoms with Crippen molar-refractivity contribution in [2.75, 3.05) is 1.97 Å². The number of anilines is 2. The Morgan fingerprint density at radius 1 is 0.433 bits per heavy atom. The minimum atomic E-state index is -1.41. The number of hydrogen-bond acceptors (Lipinski definition) is 2. The molecule has 149 valence electrons. The van der Waals surface area contributed by atoms with Gasteiger partial charge in [-0.3, -0.25) is 0 Å². The first-order chi connectivity index (χ1) is 14.4. The topological polar surface area (TPSA) is 6.48 Å². The van der Waals surface area contributed by atoms with Crippen molar-refractivity contribution in [3.05, 3.63) is 132 Å². The predicted octanol–water partition coefficient (Wildman–Crippen LogP) is 3.32. The zero-order valence-electron chi connectivity index (χ0n) is 16.7. The van der Waals surface area contributed by atoms with Gasteiger partial charge in [-0.15, -0.1) is 0 Å². The van der Waals surface area contributed by atoms with E-state index in [2.05, 4.69) is 123 Å². The summed E-state index contributed by atoms with van der Waals surface area (Å²) in [5.74, 6) is 0. The van der Waals surface area contributed by atoms with Gasteiger partial charge >= 0.3 is 196 Å². The summed E-state index contributed by atoms with van der Waals surface area (Å²) in [6, 6.07) is 43.3. The van der Waals surface area contributed by atoms with Gasteiger partial charge in [-0.2, -0.15) is 0 Å². The predicted molar refractivity (Wildman–Crippen MR) is 118 cm³/mol. The van der Waals surface area contributed by atoms with Crippen molar-refractivity contribution < 1.29 is 42.2 Å². The van der Waals surface area contributed by atoms with Gasteiger partial charge in [0.15, 0.2) is 0 Å². The summed E-state index contributed by atoms with van der Waals surface area (Å²) < 4.78 is 5.26. The van der Waals surface area contributed by atoms with E-state index < -0.39 is 37.5 Å². The third kappa shape index (κ3) is 6.38. The maximum atomic E-state index is 2.63. The molecule has 0 radical (unpaired) electrons. The summed E-state index contributed by atoms with van der Waals surface area (Å²) in [6.45, 7) is 1.90. The zero-order valence-corrected chi connectivity index (χ0v) is 19.9. The van der Waals surface area contributed by atoms with Crippen molar-refractivity contribution in [2.24, 2.45) is 0 Å². The van der Waals surface area contributed by atoms with Gasteiger partial charge < -0.3 is 4.70 Å². The molecule has 30 heavy (non-hydrogen) atoms. The van der Waals surface area contributed by atoms with Crippen LogP contribution in [0.5, 0.6) is 0 Å². The molecule has 0 N–H and O–H groups in total. The molecule has 0 aliphatic rings. The fourth-order valence-corrected chi connectivity index (χ4v) is 7.52. The summed E-state index contributed by atoms with van der Waals surface area (Å²) in [7, 11) is 0. The number of nitrogens with zero attached hydrogens (tertiary/aromatic N) is 2. The maximum absolute atomic E-state index is 2.63. The Labute approximate surface area is 199 Å². The van der Waals surface area contributed by atoms with Crippen LogP contribution >= 0.6 is 0 Å². The molecule has 0 fully saturated rings. The van der Waals surface area contributed by atoms with Gasteiger partial charge in [-0.1, -0.05) is 0 Å². The van der Waals surface area contributed by atoms with E-state index in [1.54, 1.807) is 0 Å². The van der Waals surface area contributed by atoms with Crippen LogP contribution in [0.2, 0.25) is 0 Å². The summed E-state index contributed by atoms with van der Waals surface area (Å²) in [5.41, 5.74) is 5.34. The Morgan fingerprint density at radius 2 is 0.733 bits per heavy atom. The Morgan fingerprint density at radius 3 is 1.07 bits per heavy atom. The average Bonchev–Trinajstić information content (AvgIpc) is 2.81. The monoisotopic (exact) mass is 525 g/mol. The number of benzene rings is 4. The molecule has 4 rings (SSSR count). The Hall–Kier alpha value is -2.24. The van der Waals surface area contributed by atoms with Gasteiger partial charge in [0.2, 0.25) is 0 Å². The van der Waals surface area contributed by atoms with Crippen molar-refractivity contribution >= 4 is 11.4 Å². The molecule has 0 heterocycles. The van der Waals surface area contributed by atoms with E-state index in [1.165, 1.54) is 22.5 Å². The third-order valence-corrected chi connectivity index (χ3v) is 8.96. The van der Waals surface area contributed by atoms with Crippen LogP contribution in [0, 0.1) is 37.5 Å². The van der Waals surface area contributed by atoms with Crippen molar-refractivity contribution in [2.45, 2.75) is 13.1 Å². The summed E-state index contributed by atoms with van der Waals surface area (Å²) in [5, 5.41) is 0. The van der Waals surface area contributed by atoms with Crippen LogP contribution in [-0.4, -0.2) is 0 Å². The molecule has 4 aromatic carbocycles. The summed E-state index contributed by atoms with van der Waals surface area (Å²) in [6.07, 6.45) is 0. The third-order valence-electron chi connectivity index (χ3n) is 4.74. The van der Waals surface area contributed by atoms with Crippen molar-refractivity contribution in [3.8, 4) is 0 Å². The first kappa shape index (κ1) is 22.4. The fraction of sp³-hybridized carbons (Fsp3) is 0.0769. The molecule has 0 bridgehead atoms. The molecule has 0 aromatic heterocycles. The van der Waals surface area contributed by atoms with E-state index in [0.717, 1.165) is 13.1 Å². The number of para-hydroxylation sites is 2. The second-order valence-corrected chi connectivity index (χ2v) is 11.0. The van der Waals surface area contributed by atoms with Crippen LogP contribution in [0.3, 0.4) is 0 Å². The molecule has 0 saturated heterocycles. The van der Waals surface area contributed by atoms with Gasteiger partial charge in [0.1, 0.15) is 0 Å². The first-order valence-electron chi connectivity index (χ1n) is 9.88. The second-order valence-electron chi connectivity index (χ2n) is 6.91. The van der Waals surface area contributed by atoms with Gasteiger partial charge in [0.05, 0.1) is 0 Å². The van der Waals surface area contributed by atoms with E-state index in [4.69, 9.17) is 0 Å². The second kappa shape index (κ2) is 11.8. The van der Waals surface area contributed by atoms with Crippen molar-refractivity contribution in [1.82, 2.24) is 0 Å². The van der Waals surface area contributed by atoms with Gasteiger partial charge in [-0.05, 0) is 0 Å². The first-order valence-corrected chi connectivity index (χ1v) is 12.7. The summed E-state index contributed by atoms with van der Waals surface area (Å²) in [4.78, 5) is 0. The van der Waals surface area contributed by atoms with Gasteiger partial charge in [-0.25, -0.2) is 0 Å². The van der Waals surface area contributed by atoms with Crippen LogP contribution in [-0.2, 0) is 13.1 Å². The van der Waals surface area contributed by atoms with Gasteiger partial charge in [0, 0.05) is 0 Å². The number of rotatable bonds is 8. The SMILES string of the molecule is [F-].c1ccc(C[N]([Nd+][N](Cc2ccccc2)c2ccccc2)c2ccccc2)cc1. The molecule has 2 nitrogen and oxygen atoms in total. The van der Waals surface area contributed by atoms with Gasteiger partial charge in [0.25, 0.3) is 0 Å². The van der Waals surface area contributed by atoms with E-state index in [1.807, 2.05) is 0 Å². The van der Waals surface area contributed by atoms with Crippen LogP contribution in [0.25, 0.3) is 0 Å². The average molecular weight is 528 g/mol. The van der Waals surface area contributed by atoms with E-state index >= 15 is 0 Å². The number of halogens is 1. The van der Waals surface area contributed by atoms with E-state index in [9.17, 15) is 0 Å². The Bertz CT molecular complexity index is 899. The van der Waals surface area contributed by atoms with Crippen LogP contribution in [0.4, 0.5) is 11.4 Å². The molecule has 0 atom stereocenters. The molecular weight excluding hydrogens is 504 g/mol. The Kier molecular flexibility index (Phi) is 8.84. The van der Waals surface area contributed by atoms with Crippen LogP contribution < -0.4 is 6.67 Å². The molecule has 0 saturated carbocycles.